The molecule has 0 fully saturated rings. The molecule has 1 unspecified atom stereocenters. The van der Waals surface area contributed by atoms with Gasteiger partial charge in [-0.25, -0.2) is 13.5 Å². The fraction of sp³-hybridized carbons (Fsp3) is 0.158. The normalized spacial score (nSPS) is 15.4. The van der Waals surface area contributed by atoms with Gasteiger partial charge in [-0.2, -0.15) is 5.10 Å². The van der Waals surface area contributed by atoms with E-state index in [-0.39, 0.29) is 11.7 Å². The fourth-order valence-electron chi connectivity index (χ4n) is 2.98. The van der Waals surface area contributed by atoms with Gasteiger partial charge in [0.25, 0.3) is 5.91 Å². The van der Waals surface area contributed by atoms with Crippen LogP contribution in [0.15, 0.2) is 48.7 Å². The quantitative estimate of drug-likeness (QED) is 0.783. The second-order valence-corrected chi connectivity index (χ2v) is 6.06. The summed E-state index contributed by atoms with van der Waals surface area (Å²) < 4.78 is 34.2. The monoisotopic (exact) mass is 355 g/mol. The van der Waals surface area contributed by atoms with Crippen LogP contribution in [0.25, 0.3) is 5.69 Å². The standard InChI is InChI=1S/C19H15F2N3O2/c1-11-15(10-22-24(11)16-5-3-2-4-14(16)21)23-19(25)18-9-12-8-13(20)6-7-17(12)26-18/h2-8,10,18H,9H2,1H3,(H,23,25). The Kier molecular flexibility index (Phi) is 3.91. The lowest BCUT2D eigenvalue weighted by atomic mass is 10.1. The van der Waals surface area contributed by atoms with Gasteiger partial charge in [0.15, 0.2) is 6.10 Å². The largest absolute Gasteiger partial charge is 0.480 e. The lowest BCUT2D eigenvalue weighted by Crippen LogP contribution is -2.31. The SMILES string of the molecule is Cc1c(NC(=O)C2Cc3cc(F)ccc3O2)cnn1-c1ccccc1F. The first-order valence-electron chi connectivity index (χ1n) is 8.08. The Morgan fingerprint density at radius 1 is 1.27 bits per heavy atom. The number of hydrogen-bond donors (Lipinski definition) is 1. The number of aromatic nitrogens is 2. The van der Waals surface area contributed by atoms with Crippen molar-refractivity contribution in [3.05, 3.63) is 71.6 Å². The molecule has 26 heavy (non-hydrogen) atoms. The highest BCUT2D eigenvalue weighted by molar-refractivity contribution is 5.95. The highest BCUT2D eigenvalue weighted by Gasteiger charge is 2.30. The average molecular weight is 355 g/mol. The van der Waals surface area contributed by atoms with E-state index in [0.29, 0.717) is 34.8 Å². The number of carbonyl (C=O) groups excluding carboxylic acids is 1. The summed E-state index contributed by atoms with van der Waals surface area (Å²) in [5.74, 6) is -0.633. The van der Waals surface area contributed by atoms with Crippen molar-refractivity contribution in [1.82, 2.24) is 9.78 Å². The van der Waals surface area contributed by atoms with Crippen LogP contribution in [0.4, 0.5) is 14.5 Å². The Balaban J connectivity index is 1.52. The van der Waals surface area contributed by atoms with Gasteiger partial charge >= 0.3 is 0 Å². The molecule has 0 radical (unpaired) electrons. The second-order valence-electron chi connectivity index (χ2n) is 6.06. The van der Waals surface area contributed by atoms with Crippen molar-refractivity contribution in [3.8, 4) is 11.4 Å². The van der Waals surface area contributed by atoms with E-state index in [2.05, 4.69) is 10.4 Å². The van der Waals surface area contributed by atoms with Gasteiger partial charge in [-0.3, -0.25) is 4.79 Å². The molecule has 0 bridgehead atoms. The Bertz CT molecular complexity index is 1000. The first-order valence-corrected chi connectivity index (χ1v) is 8.08. The van der Waals surface area contributed by atoms with E-state index >= 15 is 0 Å². The zero-order valence-corrected chi connectivity index (χ0v) is 13.9. The van der Waals surface area contributed by atoms with Gasteiger partial charge in [0.05, 0.1) is 17.6 Å². The van der Waals surface area contributed by atoms with Crippen LogP contribution in [-0.4, -0.2) is 21.8 Å². The molecule has 0 spiro atoms. The third-order valence-corrected chi connectivity index (χ3v) is 4.34. The minimum atomic E-state index is -0.747. The van der Waals surface area contributed by atoms with Crippen molar-refractivity contribution < 1.29 is 18.3 Å². The molecule has 7 heteroatoms. The van der Waals surface area contributed by atoms with E-state index in [1.54, 1.807) is 25.1 Å². The predicted molar refractivity (Wildman–Crippen MR) is 91.4 cm³/mol. The van der Waals surface area contributed by atoms with Crippen LogP contribution in [-0.2, 0) is 11.2 Å². The maximum atomic E-state index is 14.0. The van der Waals surface area contributed by atoms with E-state index in [9.17, 15) is 13.6 Å². The number of fused-ring (bicyclic) bond motifs is 1. The molecule has 1 aliphatic rings. The smallest absolute Gasteiger partial charge is 0.265 e. The first kappa shape index (κ1) is 16.3. The molecular formula is C19H15F2N3O2. The van der Waals surface area contributed by atoms with Crippen LogP contribution in [0.5, 0.6) is 5.75 Å². The number of nitrogens with one attached hydrogen (secondary N) is 1. The Morgan fingerprint density at radius 2 is 2.08 bits per heavy atom. The third-order valence-electron chi connectivity index (χ3n) is 4.34. The fourth-order valence-corrected chi connectivity index (χ4v) is 2.98. The highest BCUT2D eigenvalue weighted by atomic mass is 19.1. The molecule has 1 aliphatic heterocycles. The summed E-state index contributed by atoms with van der Waals surface area (Å²) in [6.07, 6.45) is 1.00. The Hall–Kier alpha value is -3.22. The molecule has 1 N–H and O–H groups in total. The molecule has 2 aromatic carbocycles. The molecule has 0 saturated heterocycles. The summed E-state index contributed by atoms with van der Waals surface area (Å²) in [6, 6.07) is 10.4. The summed E-state index contributed by atoms with van der Waals surface area (Å²) in [5, 5.41) is 6.90. The number of halogens is 2. The van der Waals surface area contributed by atoms with Crippen molar-refractivity contribution in [2.75, 3.05) is 5.32 Å². The second kappa shape index (κ2) is 6.25. The molecule has 2 heterocycles. The number of carbonyl (C=O) groups is 1. The Morgan fingerprint density at radius 3 is 2.88 bits per heavy atom. The zero-order chi connectivity index (χ0) is 18.3. The van der Waals surface area contributed by atoms with E-state index in [1.165, 1.54) is 35.1 Å². The van der Waals surface area contributed by atoms with Crippen molar-refractivity contribution >= 4 is 11.6 Å². The summed E-state index contributed by atoms with van der Waals surface area (Å²) in [4.78, 5) is 12.5. The van der Waals surface area contributed by atoms with E-state index in [4.69, 9.17) is 4.74 Å². The van der Waals surface area contributed by atoms with Crippen LogP contribution in [0.2, 0.25) is 0 Å². The van der Waals surface area contributed by atoms with Gasteiger partial charge in [0.1, 0.15) is 23.1 Å². The minimum absolute atomic E-state index is 0.291. The molecule has 0 saturated carbocycles. The molecule has 0 aliphatic carbocycles. The molecule has 5 nitrogen and oxygen atoms in total. The first-order chi connectivity index (χ1) is 12.5. The van der Waals surface area contributed by atoms with Crippen molar-refractivity contribution in [2.45, 2.75) is 19.4 Å². The van der Waals surface area contributed by atoms with Gasteiger partial charge < -0.3 is 10.1 Å². The van der Waals surface area contributed by atoms with Crippen LogP contribution in [0.3, 0.4) is 0 Å². The number of para-hydroxylation sites is 1. The van der Waals surface area contributed by atoms with Crippen LogP contribution in [0, 0.1) is 18.6 Å². The molecule has 1 aromatic heterocycles. The molecule has 132 valence electrons. The maximum Gasteiger partial charge on any atom is 0.265 e. The van der Waals surface area contributed by atoms with E-state index in [1.807, 2.05) is 0 Å². The van der Waals surface area contributed by atoms with Crippen LogP contribution < -0.4 is 10.1 Å². The van der Waals surface area contributed by atoms with Gasteiger partial charge in [0.2, 0.25) is 0 Å². The number of benzene rings is 2. The zero-order valence-electron chi connectivity index (χ0n) is 13.9. The van der Waals surface area contributed by atoms with E-state index < -0.39 is 11.9 Å². The maximum absolute atomic E-state index is 14.0. The predicted octanol–water partition coefficient (Wildman–Crippen LogP) is 3.40. The topological polar surface area (TPSA) is 56.1 Å². The number of amides is 1. The average Bonchev–Trinajstić information content (AvgIpc) is 3.19. The molecule has 1 atom stereocenters. The van der Waals surface area contributed by atoms with Gasteiger partial charge in [-0.1, -0.05) is 12.1 Å². The molecule has 3 aromatic rings. The lowest BCUT2D eigenvalue weighted by molar-refractivity contribution is -0.122. The van der Waals surface area contributed by atoms with Crippen LogP contribution in [0.1, 0.15) is 11.3 Å². The van der Waals surface area contributed by atoms with Gasteiger partial charge in [0, 0.05) is 12.0 Å². The number of hydrogen-bond acceptors (Lipinski definition) is 3. The molecular weight excluding hydrogens is 340 g/mol. The van der Waals surface area contributed by atoms with Crippen LogP contribution >= 0.6 is 0 Å². The minimum Gasteiger partial charge on any atom is -0.480 e. The summed E-state index contributed by atoms with van der Waals surface area (Å²) in [7, 11) is 0. The lowest BCUT2D eigenvalue weighted by Gasteiger charge is -2.11. The van der Waals surface area contributed by atoms with E-state index in [0.717, 1.165) is 0 Å². The van der Waals surface area contributed by atoms with Crippen molar-refractivity contribution in [2.24, 2.45) is 0 Å². The highest BCUT2D eigenvalue weighted by Crippen LogP contribution is 2.30. The number of anilines is 1. The number of nitrogens with zero attached hydrogens (tertiary/aromatic N) is 2. The third kappa shape index (κ3) is 2.81. The molecule has 4 rings (SSSR count). The summed E-state index contributed by atoms with van der Waals surface area (Å²) in [5.41, 5.74) is 2.00. The van der Waals surface area contributed by atoms with Gasteiger partial charge in [-0.05, 0) is 37.3 Å². The number of ether oxygens (including phenoxy) is 1. The van der Waals surface area contributed by atoms with Gasteiger partial charge in [-0.15, -0.1) is 0 Å². The summed E-state index contributed by atoms with van der Waals surface area (Å²) >= 11 is 0. The summed E-state index contributed by atoms with van der Waals surface area (Å²) in [6.45, 7) is 1.73. The molecule has 1 amide bonds. The Labute approximate surface area is 148 Å². The van der Waals surface area contributed by atoms with Crippen molar-refractivity contribution in [1.29, 1.82) is 0 Å². The van der Waals surface area contributed by atoms with Crippen molar-refractivity contribution in [3.63, 3.8) is 0 Å². The number of rotatable bonds is 3.